The van der Waals surface area contributed by atoms with Gasteiger partial charge in [0.2, 0.25) is 5.95 Å². The smallest absolute Gasteiger partial charge is 0.407 e. The molecule has 0 aliphatic carbocycles. The lowest BCUT2D eigenvalue weighted by Gasteiger charge is -2.14. The quantitative estimate of drug-likeness (QED) is 0.151. The Morgan fingerprint density at radius 1 is 1.24 bits per heavy atom. The molecule has 0 radical (unpaired) electrons. The predicted molar refractivity (Wildman–Crippen MR) is 135 cm³/mol. The standard InChI is InChI=1S/C23H36ClN5O8/c24-5-3-1-2-4-7-34-9-10-35-8-6-26-23(33)36-14-15-12-29(18-11-16(31)17(13-30)37-18)20-19(15)21(32)28-22(25)27-20/h12,16-18,30-31H,1-11,13-14H2,(H,26,33)(H3,25,27,28,32)/t16?,17-,18-/m1/s1. The number of hydrogen-bond donors (Lipinski definition) is 5. The first kappa shape index (κ1) is 29.1. The average molecular weight is 546 g/mol. The molecular weight excluding hydrogens is 510 g/mol. The van der Waals surface area contributed by atoms with Gasteiger partial charge in [-0.1, -0.05) is 12.8 Å². The first-order chi connectivity index (χ1) is 17.9. The first-order valence-electron chi connectivity index (χ1n) is 12.4. The zero-order valence-corrected chi connectivity index (χ0v) is 21.5. The first-order valence-corrected chi connectivity index (χ1v) is 12.9. The van der Waals surface area contributed by atoms with E-state index in [1.807, 2.05) is 0 Å². The molecule has 14 heteroatoms. The van der Waals surface area contributed by atoms with E-state index in [9.17, 15) is 19.8 Å². The topological polar surface area (TPSA) is 183 Å². The van der Waals surface area contributed by atoms with Crippen molar-refractivity contribution >= 4 is 34.7 Å². The molecule has 1 amide bonds. The van der Waals surface area contributed by atoms with Crippen molar-refractivity contribution in [1.82, 2.24) is 19.9 Å². The number of unbranched alkanes of at least 4 members (excludes halogenated alkanes) is 3. The summed E-state index contributed by atoms with van der Waals surface area (Å²) in [5.74, 6) is 0.605. The average Bonchev–Trinajstić information content (AvgIpc) is 3.43. The molecule has 2 aromatic rings. The van der Waals surface area contributed by atoms with Gasteiger partial charge in [-0.25, -0.2) is 4.79 Å². The Morgan fingerprint density at radius 2 is 2.00 bits per heavy atom. The molecule has 2 aromatic heterocycles. The number of fused-ring (bicyclic) bond motifs is 1. The van der Waals surface area contributed by atoms with Crippen LogP contribution in [0.25, 0.3) is 11.0 Å². The maximum Gasteiger partial charge on any atom is 0.407 e. The number of alkyl halides is 1. The summed E-state index contributed by atoms with van der Waals surface area (Å²) >= 11 is 5.64. The van der Waals surface area contributed by atoms with E-state index in [0.29, 0.717) is 37.9 Å². The molecule has 1 fully saturated rings. The van der Waals surface area contributed by atoms with Crippen molar-refractivity contribution in [3.05, 3.63) is 22.1 Å². The number of amides is 1. The molecule has 1 aliphatic rings. The molecule has 37 heavy (non-hydrogen) atoms. The van der Waals surface area contributed by atoms with E-state index < -0.39 is 30.1 Å². The molecule has 0 spiro atoms. The second-order valence-corrected chi connectivity index (χ2v) is 9.04. The molecule has 1 aliphatic heterocycles. The number of alkyl carbamates (subject to hydrolysis) is 1. The van der Waals surface area contributed by atoms with Crippen LogP contribution in [0.3, 0.4) is 0 Å². The molecule has 1 saturated heterocycles. The number of aromatic amines is 1. The van der Waals surface area contributed by atoms with Crippen molar-refractivity contribution in [1.29, 1.82) is 0 Å². The largest absolute Gasteiger partial charge is 0.445 e. The summed E-state index contributed by atoms with van der Waals surface area (Å²) in [5, 5.41) is 22.2. The number of hydrogen-bond acceptors (Lipinski definition) is 10. The van der Waals surface area contributed by atoms with Crippen LogP contribution in [0.5, 0.6) is 0 Å². The maximum atomic E-state index is 12.6. The lowest BCUT2D eigenvalue weighted by Crippen LogP contribution is -2.28. The van der Waals surface area contributed by atoms with E-state index in [-0.39, 0.29) is 43.2 Å². The second kappa shape index (κ2) is 15.1. The summed E-state index contributed by atoms with van der Waals surface area (Å²) in [6.45, 7) is 1.58. The number of nitrogens with one attached hydrogen (secondary N) is 2. The normalized spacial score (nSPS) is 19.5. The monoisotopic (exact) mass is 545 g/mol. The highest BCUT2D eigenvalue weighted by atomic mass is 35.5. The third kappa shape index (κ3) is 8.55. The van der Waals surface area contributed by atoms with Gasteiger partial charge in [-0.2, -0.15) is 4.98 Å². The number of rotatable bonds is 16. The number of ether oxygens (including phenoxy) is 4. The van der Waals surface area contributed by atoms with Crippen LogP contribution >= 0.6 is 11.6 Å². The Kier molecular flexibility index (Phi) is 11.9. The Morgan fingerprint density at radius 3 is 2.73 bits per heavy atom. The van der Waals surface area contributed by atoms with Crippen molar-refractivity contribution < 1.29 is 34.0 Å². The van der Waals surface area contributed by atoms with Gasteiger partial charge in [0.05, 0.1) is 37.9 Å². The van der Waals surface area contributed by atoms with Gasteiger partial charge >= 0.3 is 6.09 Å². The molecular formula is C23H36ClN5O8. The fourth-order valence-electron chi connectivity index (χ4n) is 4.02. The van der Waals surface area contributed by atoms with Gasteiger partial charge in [-0.15, -0.1) is 11.6 Å². The summed E-state index contributed by atoms with van der Waals surface area (Å²) < 4.78 is 23.4. The lowest BCUT2D eigenvalue weighted by atomic mass is 10.2. The number of carbonyl (C=O) groups excluding carboxylic acids is 1. The van der Waals surface area contributed by atoms with Gasteiger partial charge in [-0.3, -0.25) is 9.78 Å². The van der Waals surface area contributed by atoms with Gasteiger partial charge in [0, 0.05) is 37.2 Å². The molecule has 6 N–H and O–H groups in total. The third-order valence-electron chi connectivity index (χ3n) is 5.89. The number of nitrogen functional groups attached to an aromatic ring is 1. The Hall–Kier alpha value is -2.42. The number of aromatic nitrogens is 3. The van der Waals surface area contributed by atoms with Crippen LogP contribution in [0.1, 0.15) is 43.9 Å². The molecule has 3 atom stereocenters. The van der Waals surface area contributed by atoms with Gasteiger partial charge in [-0.05, 0) is 12.8 Å². The van der Waals surface area contributed by atoms with Crippen LogP contribution in [-0.2, 0) is 25.6 Å². The zero-order valence-electron chi connectivity index (χ0n) is 20.7. The van der Waals surface area contributed by atoms with Crippen molar-refractivity contribution in [2.24, 2.45) is 0 Å². The van der Waals surface area contributed by atoms with Crippen LogP contribution in [0.15, 0.2) is 11.0 Å². The van der Waals surface area contributed by atoms with Crippen LogP contribution in [0, 0.1) is 0 Å². The fraction of sp³-hybridized carbons (Fsp3) is 0.696. The molecule has 0 bridgehead atoms. The second-order valence-electron chi connectivity index (χ2n) is 8.66. The number of halogens is 1. The highest BCUT2D eigenvalue weighted by Gasteiger charge is 2.35. The maximum absolute atomic E-state index is 12.6. The summed E-state index contributed by atoms with van der Waals surface area (Å²) in [5.41, 5.74) is 5.83. The number of anilines is 1. The number of H-pyrrole nitrogens is 1. The van der Waals surface area contributed by atoms with Gasteiger partial charge in [0.15, 0.2) is 5.65 Å². The fourth-order valence-corrected chi connectivity index (χ4v) is 4.21. The number of carbonyl (C=O) groups is 1. The molecule has 13 nitrogen and oxygen atoms in total. The third-order valence-corrected chi connectivity index (χ3v) is 6.16. The number of nitrogens with zero attached hydrogens (tertiary/aromatic N) is 2. The Bertz CT molecular complexity index is 1050. The summed E-state index contributed by atoms with van der Waals surface area (Å²) in [6, 6.07) is 0. The molecule has 3 heterocycles. The summed E-state index contributed by atoms with van der Waals surface area (Å²) in [6.07, 6.45) is 3.00. The van der Waals surface area contributed by atoms with E-state index in [0.717, 1.165) is 25.7 Å². The van der Waals surface area contributed by atoms with E-state index >= 15 is 0 Å². The van der Waals surface area contributed by atoms with Crippen LogP contribution in [0.4, 0.5) is 10.7 Å². The van der Waals surface area contributed by atoms with Gasteiger partial charge < -0.3 is 44.8 Å². The minimum Gasteiger partial charge on any atom is -0.445 e. The molecule has 0 saturated carbocycles. The predicted octanol–water partition coefficient (Wildman–Crippen LogP) is 1.01. The summed E-state index contributed by atoms with van der Waals surface area (Å²) in [7, 11) is 0. The zero-order chi connectivity index (χ0) is 26.6. The number of aliphatic hydroxyl groups excluding tert-OH is 2. The van der Waals surface area contributed by atoms with Crippen molar-refractivity contribution in [3.63, 3.8) is 0 Å². The van der Waals surface area contributed by atoms with E-state index in [2.05, 4.69) is 15.3 Å². The number of aliphatic hydroxyl groups is 2. The minimum atomic E-state index is -0.878. The van der Waals surface area contributed by atoms with Crippen LogP contribution in [0.2, 0.25) is 0 Å². The lowest BCUT2D eigenvalue weighted by molar-refractivity contribution is -0.0431. The minimum absolute atomic E-state index is 0.0908. The van der Waals surface area contributed by atoms with E-state index in [1.165, 1.54) is 0 Å². The van der Waals surface area contributed by atoms with Crippen LogP contribution < -0.4 is 16.6 Å². The molecule has 1 unspecified atom stereocenters. The van der Waals surface area contributed by atoms with Crippen molar-refractivity contribution in [2.75, 3.05) is 51.2 Å². The molecule has 208 valence electrons. The van der Waals surface area contributed by atoms with Gasteiger partial charge in [0.1, 0.15) is 18.9 Å². The molecule has 3 rings (SSSR count). The van der Waals surface area contributed by atoms with Crippen LogP contribution in [-0.4, -0.2) is 88.5 Å². The highest BCUT2D eigenvalue weighted by molar-refractivity contribution is 6.17. The number of nitrogens with two attached hydrogens (primary N) is 1. The van der Waals surface area contributed by atoms with Crippen molar-refractivity contribution in [2.45, 2.75) is 57.1 Å². The highest BCUT2D eigenvalue weighted by Crippen LogP contribution is 2.32. The summed E-state index contributed by atoms with van der Waals surface area (Å²) in [4.78, 5) is 31.3. The van der Waals surface area contributed by atoms with Crippen molar-refractivity contribution in [3.8, 4) is 0 Å². The Labute approximate surface area is 219 Å². The van der Waals surface area contributed by atoms with Gasteiger partial charge in [0.25, 0.3) is 5.56 Å². The van der Waals surface area contributed by atoms with E-state index in [1.54, 1.807) is 10.8 Å². The SMILES string of the molecule is Nc1nc2c(c(COC(=O)NCCOCCOCCCCCCCl)cn2[C@H]2CC(O)[C@@H](CO)O2)c(=O)[nH]1. The Balaban J connectivity index is 1.42. The van der Waals surface area contributed by atoms with E-state index in [4.69, 9.17) is 36.3 Å². The molecule has 0 aromatic carbocycles.